The summed E-state index contributed by atoms with van der Waals surface area (Å²) >= 11 is 0. The van der Waals surface area contributed by atoms with Gasteiger partial charge in [0.25, 0.3) is 0 Å². The van der Waals surface area contributed by atoms with E-state index in [1.54, 1.807) is 0 Å². The number of hydrogen-bond donors (Lipinski definition) is 1. The van der Waals surface area contributed by atoms with Crippen molar-refractivity contribution in [3.8, 4) is 0 Å². The predicted molar refractivity (Wildman–Crippen MR) is 129 cm³/mol. The third-order valence-electron chi connectivity index (χ3n) is 5.81. The summed E-state index contributed by atoms with van der Waals surface area (Å²) in [7, 11) is 0. The van der Waals surface area contributed by atoms with Crippen LogP contribution in [-0.2, 0) is 25.7 Å². The average Bonchev–Trinajstić information content (AvgIpc) is 2.77. The first-order valence-electron chi connectivity index (χ1n) is 12.6. The topological polar surface area (TPSA) is 72.8 Å². The summed E-state index contributed by atoms with van der Waals surface area (Å²) in [5, 5.41) is 8.63. The Balaban J connectivity index is 2.15. The molecule has 0 aromatic heterocycles. The van der Waals surface area contributed by atoms with Crippen molar-refractivity contribution in [3.63, 3.8) is 0 Å². The molecule has 0 radical (unpaired) electrons. The van der Waals surface area contributed by atoms with E-state index in [2.05, 4.69) is 19.1 Å². The van der Waals surface area contributed by atoms with Crippen molar-refractivity contribution >= 4 is 11.9 Å². The molecule has 1 rings (SSSR count). The Labute approximate surface area is 194 Å². The number of carbonyl (C=O) groups is 2. The minimum atomic E-state index is -0.689. The quantitative estimate of drug-likeness (QED) is 0.171. The lowest BCUT2D eigenvalue weighted by Gasteiger charge is -2.23. The summed E-state index contributed by atoms with van der Waals surface area (Å²) in [6, 6.07) is 10.2. The molecule has 0 spiro atoms. The van der Waals surface area contributed by atoms with E-state index in [9.17, 15) is 9.59 Å². The first-order valence-corrected chi connectivity index (χ1v) is 12.6. The van der Waals surface area contributed by atoms with Gasteiger partial charge in [-0.3, -0.25) is 9.59 Å². The number of rotatable bonds is 20. The van der Waals surface area contributed by atoms with Gasteiger partial charge in [0.05, 0.1) is 12.7 Å². The van der Waals surface area contributed by atoms with Gasteiger partial charge >= 0.3 is 11.9 Å². The molecule has 1 aromatic rings. The van der Waals surface area contributed by atoms with E-state index in [0.29, 0.717) is 13.0 Å². The van der Waals surface area contributed by atoms with E-state index in [-0.39, 0.29) is 18.2 Å². The van der Waals surface area contributed by atoms with Crippen molar-refractivity contribution in [1.29, 1.82) is 0 Å². The maximum Gasteiger partial charge on any atom is 0.303 e. The van der Waals surface area contributed by atoms with Crippen LogP contribution in [0.3, 0.4) is 0 Å². The molecule has 0 aliphatic heterocycles. The zero-order valence-corrected chi connectivity index (χ0v) is 20.2. The Morgan fingerprint density at radius 3 is 1.94 bits per heavy atom. The van der Waals surface area contributed by atoms with Gasteiger partial charge in [-0.1, -0.05) is 88.6 Å². The molecule has 1 aromatic carbocycles. The Hall–Kier alpha value is -1.88. The largest absolute Gasteiger partial charge is 0.481 e. The molecule has 2 unspecified atom stereocenters. The summed E-state index contributed by atoms with van der Waals surface area (Å²) in [5.41, 5.74) is 1.16. The van der Waals surface area contributed by atoms with Gasteiger partial charge in [0.1, 0.15) is 6.10 Å². The summed E-state index contributed by atoms with van der Waals surface area (Å²) in [4.78, 5) is 22.0. The van der Waals surface area contributed by atoms with Crippen LogP contribution in [0.4, 0.5) is 0 Å². The summed E-state index contributed by atoms with van der Waals surface area (Å²) in [6.45, 7) is 4.19. The van der Waals surface area contributed by atoms with Crippen LogP contribution in [0.5, 0.6) is 0 Å². The number of carbonyl (C=O) groups excluding carboxylic acids is 1. The standard InChI is InChI=1S/C27H44O5/c1-3-25(31-22-24-17-13-12-14-18-24)21-26(32-23(2)28)19-15-10-8-6-4-5-7-9-11-16-20-27(29)30/h12-14,17-18,25-26H,3-11,15-16,19-22H2,1-2H3,(H,29,30). The molecule has 0 aliphatic carbocycles. The Kier molecular flexibility index (Phi) is 16.4. The Morgan fingerprint density at radius 2 is 1.41 bits per heavy atom. The van der Waals surface area contributed by atoms with Crippen molar-refractivity contribution in [2.24, 2.45) is 0 Å². The predicted octanol–water partition coefficient (Wildman–Crippen LogP) is 7.07. The third-order valence-corrected chi connectivity index (χ3v) is 5.81. The zero-order chi connectivity index (χ0) is 23.4. The molecule has 0 saturated heterocycles. The number of benzene rings is 1. The number of carboxylic acids is 1. The van der Waals surface area contributed by atoms with Gasteiger partial charge in [-0.25, -0.2) is 0 Å². The number of unbranched alkanes of at least 4 members (excludes halogenated alkanes) is 9. The van der Waals surface area contributed by atoms with Crippen molar-refractivity contribution in [1.82, 2.24) is 0 Å². The summed E-state index contributed by atoms with van der Waals surface area (Å²) < 4.78 is 11.7. The Morgan fingerprint density at radius 1 is 0.844 bits per heavy atom. The van der Waals surface area contributed by atoms with E-state index in [4.69, 9.17) is 14.6 Å². The van der Waals surface area contributed by atoms with Crippen LogP contribution >= 0.6 is 0 Å². The molecule has 0 fully saturated rings. The molecule has 182 valence electrons. The van der Waals surface area contributed by atoms with E-state index in [1.165, 1.54) is 39.0 Å². The lowest BCUT2D eigenvalue weighted by atomic mass is 10.0. The molecule has 32 heavy (non-hydrogen) atoms. The maximum atomic E-state index is 11.5. The molecule has 0 bridgehead atoms. The normalized spacial score (nSPS) is 12.9. The fourth-order valence-electron chi connectivity index (χ4n) is 3.96. The van der Waals surface area contributed by atoms with Crippen molar-refractivity contribution in [3.05, 3.63) is 35.9 Å². The van der Waals surface area contributed by atoms with Crippen LogP contribution in [0, 0.1) is 0 Å². The second-order valence-corrected chi connectivity index (χ2v) is 8.76. The fourth-order valence-corrected chi connectivity index (χ4v) is 3.96. The van der Waals surface area contributed by atoms with Crippen LogP contribution in [0.2, 0.25) is 0 Å². The van der Waals surface area contributed by atoms with E-state index in [0.717, 1.165) is 56.9 Å². The van der Waals surface area contributed by atoms with Crippen molar-refractivity contribution in [2.45, 2.75) is 123 Å². The molecule has 5 heteroatoms. The van der Waals surface area contributed by atoms with Gasteiger partial charge in [0.2, 0.25) is 0 Å². The van der Waals surface area contributed by atoms with Crippen LogP contribution in [0.15, 0.2) is 30.3 Å². The highest BCUT2D eigenvalue weighted by molar-refractivity contribution is 5.66. The highest BCUT2D eigenvalue weighted by Crippen LogP contribution is 2.19. The second-order valence-electron chi connectivity index (χ2n) is 8.76. The number of aliphatic carboxylic acids is 1. The zero-order valence-electron chi connectivity index (χ0n) is 20.2. The number of hydrogen-bond acceptors (Lipinski definition) is 4. The van der Waals surface area contributed by atoms with E-state index >= 15 is 0 Å². The molecule has 0 heterocycles. The summed E-state index contributed by atoms with van der Waals surface area (Å²) in [5.74, 6) is -0.901. The fraction of sp³-hybridized carbons (Fsp3) is 0.704. The molecule has 0 saturated carbocycles. The van der Waals surface area contributed by atoms with Gasteiger partial charge in [-0.2, -0.15) is 0 Å². The lowest BCUT2D eigenvalue weighted by Crippen LogP contribution is -2.24. The van der Waals surface area contributed by atoms with Gasteiger partial charge in [-0.05, 0) is 31.2 Å². The number of carboxylic acid groups (broad SMARTS) is 1. The van der Waals surface area contributed by atoms with Gasteiger partial charge < -0.3 is 14.6 Å². The molecular weight excluding hydrogens is 404 g/mol. The minimum Gasteiger partial charge on any atom is -0.481 e. The smallest absolute Gasteiger partial charge is 0.303 e. The highest BCUT2D eigenvalue weighted by Gasteiger charge is 2.18. The van der Waals surface area contributed by atoms with Crippen molar-refractivity contribution in [2.75, 3.05) is 0 Å². The van der Waals surface area contributed by atoms with Crippen LogP contribution in [-0.4, -0.2) is 29.3 Å². The van der Waals surface area contributed by atoms with Gasteiger partial charge in [-0.15, -0.1) is 0 Å². The molecule has 5 nitrogen and oxygen atoms in total. The van der Waals surface area contributed by atoms with E-state index < -0.39 is 5.97 Å². The number of esters is 1. The van der Waals surface area contributed by atoms with Crippen LogP contribution < -0.4 is 0 Å². The highest BCUT2D eigenvalue weighted by atomic mass is 16.5. The molecular formula is C27H44O5. The lowest BCUT2D eigenvalue weighted by molar-refractivity contribution is -0.149. The minimum absolute atomic E-state index is 0.0703. The molecule has 0 aliphatic rings. The van der Waals surface area contributed by atoms with Crippen molar-refractivity contribution < 1.29 is 24.2 Å². The maximum absolute atomic E-state index is 11.5. The number of ether oxygens (including phenoxy) is 2. The average molecular weight is 449 g/mol. The second kappa shape index (κ2) is 18.7. The molecule has 2 atom stereocenters. The third kappa shape index (κ3) is 15.9. The first-order chi connectivity index (χ1) is 15.5. The van der Waals surface area contributed by atoms with E-state index in [1.807, 2.05) is 18.2 Å². The van der Waals surface area contributed by atoms with Gasteiger partial charge in [0.15, 0.2) is 0 Å². The summed E-state index contributed by atoms with van der Waals surface area (Å²) in [6.07, 6.45) is 14.2. The SMILES string of the molecule is CCC(CC(CCCCCCCCCCCCC(=O)O)OC(C)=O)OCc1ccccc1. The molecule has 0 amide bonds. The van der Waals surface area contributed by atoms with Gasteiger partial charge in [0, 0.05) is 19.8 Å². The molecule has 1 N–H and O–H groups in total. The van der Waals surface area contributed by atoms with Crippen LogP contribution in [0.1, 0.15) is 109 Å². The van der Waals surface area contributed by atoms with Crippen LogP contribution in [0.25, 0.3) is 0 Å². The Bertz CT molecular complexity index is 601. The first kappa shape index (κ1) is 28.2. The monoisotopic (exact) mass is 448 g/mol.